The van der Waals surface area contributed by atoms with E-state index in [1.807, 2.05) is 13.8 Å². The fourth-order valence-corrected chi connectivity index (χ4v) is 1.15. The fourth-order valence-electron chi connectivity index (χ4n) is 1.15. The predicted molar refractivity (Wildman–Crippen MR) is 49.0 cm³/mol. The molecule has 2 N–H and O–H groups in total. The summed E-state index contributed by atoms with van der Waals surface area (Å²) in [6.45, 7) is 3.73. The summed E-state index contributed by atoms with van der Waals surface area (Å²) in [5.74, 6) is 0.0372. The Balaban J connectivity index is 2.73. The summed E-state index contributed by atoms with van der Waals surface area (Å²) in [4.78, 5) is 0. The maximum absolute atomic E-state index is 9.67. The molecule has 0 amide bonds. The van der Waals surface area contributed by atoms with Crippen molar-refractivity contribution >= 4 is 0 Å². The number of aliphatic hydroxyl groups excluding tert-OH is 2. The molecule has 0 saturated carbocycles. The molecule has 74 valence electrons. The normalized spacial score (nSPS) is 16.2. The van der Waals surface area contributed by atoms with E-state index in [1.165, 1.54) is 0 Å². The average Bonchev–Trinajstić information content (AvgIpc) is 2.49. The Morgan fingerprint density at radius 2 is 2.00 bits per heavy atom. The van der Waals surface area contributed by atoms with Crippen LogP contribution in [-0.4, -0.2) is 26.1 Å². The van der Waals surface area contributed by atoms with Crippen molar-refractivity contribution in [2.75, 3.05) is 0 Å². The Morgan fingerprint density at radius 3 is 2.38 bits per heavy atom. The Kier molecular flexibility index (Phi) is 3.06. The van der Waals surface area contributed by atoms with Crippen molar-refractivity contribution in [2.45, 2.75) is 26.1 Å². The van der Waals surface area contributed by atoms with Crippen LogP contribution in [0.15, 0.2) is 12.4 Å². The molecule has 0 aliphatic rings. The van der Waals surface area contributed by atoms with Crippen LogP contribution in [0.25, 0.3) is 0 Å². The van der Waals surface area contributed by atoms with E-state index in [4.69, 9.17) is 0 Å². The first kappa shape index (κ1) is 10.2. The highest BCUT2D eigenvalue weighted by atomic mass is 16.3. The SMILES string of the molecule is CC(C)C(O)C(O)c1cnn(C)c1. The molecule has 2 unspecified atom stereocenters. The molecule has 0 radical (unpaired) electrons. The van der Waals surface area contributed by atoms with Gasteiger partial charge in [-0.15, -0.1) is 0 Å². The van der Waals surface area contributed by atoms with Crippen LogP contribution >= 0.6 is 0 Å². The molecule has 1 aromatic heterocycles. The van der Waals surface area contributed by atoms with Gasteiger partial charge < -0.3 is 10.2 Å². The first-order valence-electron chi connectivity index (χ1n) is 4.37. The zero-order chi connectivity index (χ0) is 10.0. The Labute approximate surface area is 77.8 Å². The summed E-state index contributed by atoms with van der Waals surface area (Å²) in [5.41, 5.74) is 0.656. The second kappa shape index (κ2) is 3.89. The highest BCUT2D eigenvalue weighted by molar-refractivity contribution is 5.09. The van der Waals surface area contributed by atoms with Crippen LogP contribution in [0.3, 0.4) is 0 Å². The lowest BCUT2D eigenvalue weighted by Gasteiger charge is -2.19. The van der Waals surface area contributed by atoms with Crippen LogP contribution in [0.5, 0.6) is 0 Å². The number of hydrogen-bond acceptors (Lipinski definition) is 3. The molecule has 0 aromatic carbocycles. The number of aromatic nitrogens is 2. The topological polar surface area (TPSA) is 58.3 Å². The lowest BCUT2D eigenvalue weighted by Crippen LogP contribution is -2.23. The number of rotatable bonds is 3. The van der Waals surface area contributed by atoms with E-state index in [0.29, 0.717) is 5.56 Å². The number of hydrogen-bond donors (Lipinski definition) is 2. The van der Waals surface area contributed by atoms with Gasteiger partial charge in [-0.1, -0.05) is 13.8 Å². The molecule has 0 fully saturated rings. The Bertz CT molecular complexity index is 270. The Morgan fingerprint density at radius 1 is 1.38 bits per heavy atom. The number of nitrogens with zero attached hydrogens (tertiary/aromatic N) is 2. The van der Waals surface area contributed by atoms with Crippen molar-refractivity contribution in [1.82, 2.24) is 9.78 Å². The highest BCUT2D eigenvalue weighted by Crippen LogP contribution is 2.20. The minimum atomic E-state index is -0.839. The molecule has 13 heavy (non-hydrogen) atoms. The zero-order valence-corrected chi connectivity index (χ0v) is 8.18. The van der Waals surface area contributed by atoms with Crippen LogP contribution in [0.1, 0.15) is 25.5 Å². The minimum Gasteiger partial charge on any atom is -0.390 e. The monoisotopic (exact) mass is 184 g/mol. The van der Waals surface area contributed by atoms with Crippen molar-refractivity contribution in [2.24, 2.45) is 13.0 Å². The second-order valence-corrected chi connectivity index (χ2v) is 3.63. The first-order valence-corrected chi connectivity index (χ1v) is 4.37. The average molecular weight is 184 g/mol. The summed E-state index contributed by atoms with van der Waals surface area (Å²) in [7, 11) is 1.78. The van der Waals surface area contributed by atoms with E-state index in [0.717, 1.165) is 0 Å². The smallest absolute Gasteiger partial charge is 0.108 e. The van der Waals surface area contributed by atoms with Gasteiger partial charge in [-0.3, -0.25) is 4.68 Å². The van der Waals surface area contributed by atoms with Crippen LogP contribution in [0.4, 0.5) is 0 Å². The van der Waals surface area contributed by atoms with E-state index < -0.39 is 12.2 Å². The van der Waals surface area contributed by atoms with Crippen molar-refractivity contribution in [3.8, 4) is 0 Å². The minimum absolute atomic E-state index is 0.0372. The van der Waals surface area contributed by atoms with Gasteiger partial charge in [0.2, 0.25) is 0 Å². The van der Waals surface area contributed by atoms with Gasteiger partial charge in [0.15, 0.2) is 0 Å². The molecule has 2 atom stereocenters. The summed E-state index contributed by atoms with van der Waals surface area (Å²) in [5, 5.41) is 23.2. The van der Waals surface area contributed by atoms with Gasteiger partial charge in [-0.2, -0.15) is 5.10 Å². The molecule has 1 rings (SSSR count). The molecule has 1 aromatic rings. The summed E-state index contributed by atoms with van der Waals surface area (Å²) >= 11 is 0. The van der Waals surface area contributed by atoms with Crippen molar-refractivity contribution in [1.29, 1.82) is 0 Å². The van der Waals surface area contributed by atoms with Crippen molar-refractivity contribution in [3.63, 3.8) is 0 Å². The van der Waals surface area contributed by atoms with Crippen LogP contribution in [0.2, 0.25) is 0 Å². The van der Waals surface area contributed by atoms with Gasteiger partial charge in [-0.05, 0) is 5.92 Å². The van der Waals surface area contributed by atoms with E-state index in [1.54, 1.807) is 24.1 Å². The van der Waals surface area contributed by atoms with E-state index in [-0.39, 0.29) is 5.92 Å². The molecular weight excluding hydrogens is 168 g/mol. The summed E-state index contributed by atoms with van der Waals surface area (Å²) < 4.78 is 1.60. The van der Waals surface area contributed by atoms with Gasteiger partial charge in [0.1, 0.15) is 6.10 Å². The molecule has 0 spiro atoms. The fraction of sp³-hybridized carbons (Fsp3) is 0.667. The lowest BCUT2D eigenvalue weighted by molar-refractivity contribution is -0.00942. The molecule has 4 heteroatoms. The largest absolute Gasteiger partial charge is 0.390 e. The molecule has 4 nitrogen and oxygen atoms in total. The summed E-state index contributed by atoms with van der Waals surface area (Å²) in [6.07, 6.45) is 1.70. The predicted octanol–water partition coefficient (Wildman–Crippen LogP) is 0.470. The first-order chi connectivity index (χ1) is 6.02. The highest BCUT2D eigenvalue weighted by Gasteiger charge is 2.22. The van der Waals surface area contributed by atoms with Gasteiger partial charge >= 0.3 is 0 Å². The Hall–Kier alpha value is -0.870. The number of aliphatic hydroxyl groups is 2. The van der Waals surface area contributed by atoms with Gasteiger partial charge in [0.05, 0.1) is 12.3 Å². The standard InChI is InChI=1S/C9H16N2O2/c1-6(2)8(12)9(13)7-4-10-11(3)5-7/h4-6,8-9,12-13H,1-3H3. The van der Waals surface area contributed by atoms with E-state index in [9.17, 15) is 10.2 Å². The van der Waals surface area contributed by atoms with Crippen LogP contribution in [-0.2, 0) is 7.05 Å². The third kappa shape index (κ3) is 2.29. The molecule has 0 bridgehead atoms. The van der Waals surface area contributed by atoms with E-state index in [2.05, 4.69) is 5.10 Å². The summed E-state index contributed by atoms with van der Waals surface area (Å²) in [6, 6.07) is 0. The quantitative estimate of drug-likeness (QED) is 0.718. The third-order valence-electron chi connectivity index (χ3n) is 2.07. The molecule has 1 heterocycles. The number of aryl methyl sites for hydroxylation is 1. The maximum Gasteiger partial charge on any atom is 0.108 e. The van der Waals surface area contributed by atoms with Crippen LogP contribution < -0.4 is 0 Å². The molecule has 0 aliphatic carbocycles. The molecule has 0 saturated heterocycles. The zero-order valence-electron chi connectivity index (χ0n) is 8.18. The third-order valence-corrected chi connectivity index (χ3v) is 2.07. The lowest BCUT2D eigenvalue weighted by atomic mass is 9.98. The molecular formula is C9H16N2O2. The van der Waals surface area contributed by atoms with Gasteiger partial charge in [0, 0.05) is 18.8 Å². The van der Waals surface area contributed by atoms with Crippen molar-refractivity contribution in [3.05, 3.63) is 18.0 Å². The van der Waals surface area contributed by atoms with Crippen LogP contribution in [0, 0.1) is 5.92 Å². The maximum atomic E-state index is 9.67. The second-order valence-electron chi connectivity index (χ2n) is 3.63. The van der Waals surface area contributed by atoms with Gasteiger partial charge in [0.25, 0.3) is 0 Å². The molecule has 0 aliphatic heterocycles. The van der Waals surface area contributed by atoms with Gasteiger partial charge in [-0.25, -0.2) is 0 Å². The van der Waals surface area contributed by atoms with E-state index >= 15 is 0 Å². The van der Waals surface area contributed by atoms with Crippen molar-refractivity contribution < 1.29 is 10.2 Å².